The van der Waals surface area contributed by atoms with Crippen LogP contribution in [-0.4, -0.2) is 0 Å². The van der Waals surface area contributed by atoms with Crippen molar-refractivity contribution in [3.8, 4) is 0 Å². The van der Waals surface area contributed by atoms with Gasteiger partial charge in [0.15, 0.2) is 0 Å². The Kier molecular flexibility index (Phi) is 21.7. The normalized spacial score (nSPS) is 10.1. The van der Waals surface area contributed by atoms with Gasteiger partial charge in [-0.3, -0.25) is 0 Å². The molecule has 0 N–H and O–H groups in total. The lowest BCUT2D eigenvalue weighted by molar-refractivity contribution is 1.28. The summed E-state index contributed by atoms with van der Waals surface area (Å²) in [6, 6.07) is 0. The van der Waals surface area contributed by atoms with Gasteiger partial charge in [-0.15, -0.1) is 12.6 Å². The van der Waals surface area contributed by atoms with Gasteiger partial charge in [0.25, 0.3) is 0 Å². The Morgan fingerprint density at radius 1 is 0.786 bits per heavy atom. The maximum atomic E-state index is 4.71. The van der Waals surface area contributed by atoms with Gasteiger partial charge in [-0.25, -0.2) is 0 Å². The van der Waals surface area contributed by atoms with Crippen LogP contribution in [0.15, 0.2) is 55.0 Å². The Hall–Kier alpha value is -1.99. The minimum absolute atomic E-state index is 0.933. The highest BCUT2D eigenvalue weighted by molar-refractivity contribution is 7.80. The van der Waals surface area contributed by atoms with Crippen molar-refractivity contribution in [2.75, 3.05) is 0 Å². The molecule has 0 aliphatic heterocycles. The zero-order chi connectivity index (χ0) is 22.7. The number of allylic oxidation sites excluding steroid dienone is 6. The van der Waals surface area contributed by atoms with Crippen molar-refractivity contribution in [2.24, 2.45) is 0 Å². The molecule has 0 heterocycles. The first kappa shape index (κ1) is 30.7. The van der Waals surface area contributed by atoms with E-state index >= 15 is 0 Å². The van der Waals surface area contributed by atoms with Crippen molar-refractivity contribution in [1.82, 2.24) is 0 Å². The summed E-state index contributed by atoms with van der Waals surface area (Å²) in [6.45, 7) is 29.9. The van der Waals surface area contributed by atoms with Crippen LogP contribution in [-0.2, 0) is 0 Å². The summed E-state index contributed by atoms with van der Waals surface area (Å²) < 4.78 is 0. The third kappa shape index (κ3) is 8.35. The number of rotatable bonds is 6. The topological polar surface area (TPSA) is 0 Å². The molecule has 0 fully saturated rings. The van der Waals surface area contributed by atoms with Crippen molar-refractivity contribution in [2.45, 2.75) is 67.2 Å². The second kappa shape index (κ2) is 19.8. The molecule has 0 atom stereocenters. The first-order valence-electron chi connectivity index (χ1n) is 10.3. The van der Waals surface area contributed by atoms with Crippen molar-refractivity contribution >= 4 is 36.4 Å². The zero-order valence-corrected chi connectivity index (χ0v) is 20.6. The van der Waals surface area contributed by atoms with E-state index in [1.807, 2.05) is 85.8 Å². The Balaban J connectivity index is -0.000000946. The molecule has 0 aromatic heterocycles. The molecule has 1 aromatic rings. The maximum absolute atomic E-state index is 4.71. The predicted molar refractivity (Wildman–Crippen MR) is 140 cm³/mol. The molecular weight excluding hydrogens is 356 g/mol. The fourth-order valence-corrected chi connectivity index (χ4v) is 3.07. The molecule has 0 radical (unpaired) electrons. The molecule has 0 spiro atoms. The summed E-state index contributed by atoms with van der Waals surface area (Å²) in [5.74, 6) is 0. The van der Waals surface area contributed by atoms with Crippen LogP contribution in [0.25, 0.3) is 23.8 Å². The molecular formula is C27H42S. The van der Waals surface area contributed by atoms with Crippen LogP contribution in [0.1, 0.15) is 83.2 Å². The fraction of sp³-hybridized carbons (Fsp3) is 0.333. The van der Waals surface area contributed by atoms with E-state index in [0.29, 0.717) is 0 Å². The van der Waals surface area contributed by atoms with E-state index in [0.717, 1.165) is 32.7 Å². The standard InChI is InChI=1S/C21H24S.3C2H6/c1-7-12-16(13-8-2)20-15(6)19(14-9-3)21(22)18(11-5)17(20)10-4;3*1-2/h7-14,22H,1,4-5H2,2-3,6H3;3*1-2H3/b13-8-,14-9-,16-12+;;;. The van der Waals surface area contributed by atoms with Crippen molar-refractivity contribution in [3.05, 3.63) is 77.9 Å². The molecule has 156 valence electrons. The van der Waals surface area contributed by atoms with E-state index in [4.69, 9.17) is 12.6 Å². The number of thiol groups is 1. The van der Waals surface area contributed by atoms with Gasteiger partial charge in [0.2, 0.25) is 0 Å². The quantitative estimate of drug-likeness (QED) is 0.357. The second-order valence-corrected chi connectivity index (χ2v) is 5.30. The monoisotopic (exact) mass is 398 g/mol. The molecule has 0 amide bonds. The fourth-order valence-electron chi connectivity index (χ4n) is 2.61. The van der Waals surface area contributed by atoms with Gasteiger partial charge in [-0.1, -0.05) is 110 Å². The highest BCUT2D eigenvalue weighted by Crippen LogP contribution is 2.37. The van der Waals surface area contributed by atoms with Crippen molar-refractivity contribution < 1.29 is 0 Å². The van der Waals surface area contributed by atoms with Crippen molar-refractivity contribution in [3.63, 3.8) is 0 Å². The van der Waals surface area contributed by atoms with Gasteiger partial charge < -0.3 is 0 Å². The zero-order valence-electron chi connectivity index (χ0n) is 19.7. The van der Waals surface area contributed by atoms with E-state index in [1.165, 1.54) is 5.56 Å². The minimum Gasteiger partial charge on any atom is -0.142 e. The Labute approximate surface area is 181 Å². The average molecular weight is 399 g/mol. The third-order valence-corrected chi connectivity index (χ3v) is 4.00. The first-order valence-corrected chi connectivity index (χ1v) is 10.7. The van der Waals surface area contributed by atoms with Gasteiger partial charge >= 0.3 is 0 Å². The van der Waals surface area contributed by atoms with Gasteiger partial charge in [0.1, 0.15) is 0 Å². The molecule has 0 saturated heterocycles. The minimum atomic E-state index is 0.933. The summed E-state index contributed by atoms with van der Waals surface area (Å²) >= 11 is 4.71. The van der Waals surface area contributed by atoms with Crippen LogP contribution < -0.4 is 0 Å². The van der Waals surface area contributed by atoms with Crippen LogP contribution in [0.2, 0.25) is 0 Å². The van der Waals surface area contributed by atoms with Crippen LogP contribution in [0.3, 0.4) is 0 Å². The third-order valence-electron chi connectivity index (χ3n) is 3.52. The van der Waals surface area contributed by atoms with E-state index in [2.05, 4.69) is 38.8 Å². The van der Waals surface area contributed by atoms with E-state index < -0.39 is 0 Å². The largest absolute Gasteiger partial charge is 0.142 e. The van der Waals surface area contributed by atoms with Gasteiger partial charge in [-0.2, -0.15) is 0 Å². The summed E-state index contributed by atoms with van der Waals surface area (Å²) in [7, 11) is 0. The molecule has 0 saturated carbocycles. The molecule has 1 rings (SSSR count). The van der Waals surface area contributed by atoms with Crippen LogP contribution in [0, 0.1) is 6.92 Å². The van der Waals surface area contributed by atoms with E-state index in [-0.39, 0.29) is 0 Å². The highest BCUT2D eigenvalue weighted by Gasteiger charge is 2.17. The first-order chi connectivity index (χ1) is 13.6. The molecule has 28 heavy (non-hydrogen) atoms. The Morgan fingerprint density at radius 3 is 1.64 bits per heavy atom. The van der Waals surface area contributed by atoms with Crippen molar-refractivity contribution in [1.29, 1.82) is 0 Å². The summed E-state index contributed by atoms with van der Waals surface area (Å²) in [4.78, 5) is 0.933. The van der Waals surface area contributed by atoms with Crippen LogP contribution in [0.5, 0.6) is 0 Å². The Morgan fingerprint density at radius 2 is 1.29 bits per heavy atom. The molecule has 0 nitrogen and oxygen atoms in total. The lowest BCUT2D eigenvalue weighted by Crippen LogP contribution is -2.00. The SMILES string of the molecule is C=C/C=C(\C=C/C)c1c(C)c(/C=C\C)c(S)c(C=C)c1C=C.CC.CC.CC. The second-order valence-electron chi connectivity index (χ2n) is 4.86. The lowest BCUT2D eigenvalue weighted by atomic mass is 9.87. The maximum Gasteiger partial charge on any atom is 0.0194 e. The smallest absolute Gasteiger partial charge is 0.0194 e. The highest BCUT2D eigenvalue weighted by atomic mass is 32.1. The number of hydrogen-bond donors (Lipinski definition) is 1. The summed E-state index contributed by atoms with van der Waals surface area (Å²) in [5, 5.41) is 0. The number of hydrogen-bond acceptors (Lipinski definition) is 1. The molecule has 0 unspecified atom stereocenters. The van der Waals surface area contributed by atoms with Crippen LogP contribution in [0.4, 0.5) is 0 Å². The average Bonchev–Trinajstić information content (AvgIpc) is 2.75. The number of benzene rings is 1. The molecule has 0 aliphatic carbocycles. The Bertz CT molecular complexity index is 683. The molecule has 0 bridgehead atoms. The van der Waals surface area contributed by atoms with Crippen LogP contribution >= 0.6 is 12.6 Å². The summed E-state index contributed by atoms with van der Waals surface area (Å²) in [5.41, 5.74) is 6.60. The molecule has 0 aliphatic rings. The van der Waals surface area contributed by atoms with E-state index in [9.17, 15) is 0 Å². The van der Waals surface area contributed by atoms with Gasteiger partial charge in [0, 0.05) is 4.90 Å². The lowest BCUT2D eigenvalue weighted by Gasteiger charge is -2.20. The van der Waals surface area contributed by atoms with Gasteiger partial charge in [0.05, 0.1) is 0 Å². The predicted octanol–water partition coefficient (Wildman–Crippen LogP) is 9.83. The molecule has 1 heteroatoms. The summed E-state index contributed by atoms with van der Waals surface area (Å²) in [6.07, 6.45) is 15.8. The molecule has 1 aromatic carbocycles. The van der Waals surface area contributed by atoms with E-state index in [1.54, 1.807) is 6.08 Å². The van der Waals surface area contributed by atoms with Gasteiger partial charge in [-0.05, 0) is 54.2 Å².